The highest BCUT2D eigenvalue weighted by Crippen LogP contribution is 2.18. The van der Waals surface area contributed by atoms with Crippen LogP contribution in [0.5, 0.6) is 0 Å². The summed E-state index contributed by atoms with van der Waals surface area (Å²) in [6.45, 7) is 4.77. The molecule has 3 heterocycles. The molecule has 0 saturated carbocycles. The lowest BCUT2D eigenvalue weighted by atomic mass is 10.3. The molecule has 4 rings (SSSR count). The van der Waals surface area contributed by atoms with E-state index in [1.807, 2.05) is 49.4 Å². The summed E-state index contributed by atoms with van der Waals surface area (Å²) in [7, 11) is 0. The van der Waals surface area contributed by atoms with Gasteiger partial charge in [-0.15, -0.1) is 10.2 Å². The van der Waals surface area contributed by atoms with E-state index in [-0.39, 0.29) is 11.6 Å². The van der Waals surface area contributed by atoms with Crippen molar-refractivity contribution >= 4 is 17.5 Å². The number of para-hydroxylation sites is 1. The lowest BCUT2D eigenvalue weighted by Gasteiger charge is -2.27. The number of benzene rings is 1. The molecule has 0 bridgehead atoms. The second kappa shape index (κ2) is 7.55. The molecule has 1 N–H and O–H groups in total. The number of nitrogens with zero attached hydrogens (tertiary/aromatic N) is 5. The average molecular weight is 364 g/mol. The number of aryl methyl sites for hydroxylation is 1. The van der Waals surface area contributed by atoms with E-state index in [0.29, 0.717) is 19.0 Å². The Balaban J connectivity index is 1.51. The molecule has 27 heavy (non-hydrogen) atoms. The Morgan fingerprint density at radius 1 is 1.07 bits per heavy atom. The van der Waals surface area contributed by atoms with Gasteiger partial charge in [0.15, 0.2) is 11.5 Å². The number of morpholine rings is 1. The first kappa shape index (κ1) is 17.2. The fraction of sp³-hybridized carbons (Fsp3) is 0.263. The summed E-state index contributed by atoms with van der Waals surface area (Å²) in [5.41, 5.74) is 1.93. The van der Waals surface area contributed by atoms with Crippen molar-refractivity contribution in [3.8, 4) is 5.69 Å². The van der Waals surface area contributed by atoms with Crippen LogP contribution in [0.4, 0.5) is 11.6 Å². The molecule has 1 aromatic carbocycles. The molecule has 0 unspecified atom stereocenters. The molecule has 0 atom stereocenters. The van der Waals surface area contributed by atoms with Crippen molar-refractivity contribution in [1.82, 2.24) is 20.0 Å². The van der Waals surface area contributed by atoms with Gasteiger partial charge in [0.25, 0.3) is 5.91 Å². The van der Waals surface area contributed by atoms with Crippen molar-refractivity contribution < 1.29 is 9.53 Å². The molecule has 8 nitrogen and oxygen atoms in total. The minimum Gasteiger partial charge on any atom is -0.378 e. The van der Waals surface area contributed by atoms with Crippen molar-refractivity contribution in [2.45, 2.75) is 6.92 Å². The van der Waals surface area contributed by atoms with Crippen LogP contribution in [0.2, 0.25) is 0 Å². The number of amides is 1. The summed E-state index contributed by atoms with van der Waals surface area (Å²) >= 11 is 0. The highest BCUT2D eigenvalue weighted by molar-refractivity contribution is 6.02. The molecule has 1 amide bonds. The lowest BCUT2D eigenvalue weighted by molar-refractivity contribution is 0.102. The number of carbonyl (C=O) groups excluding carboxylic acids is 1. The highest BCUT2D eigenvalue weighted by Gasteiger charge is 2.16. The topological polar surface area (TPSA) is 85.2 Å². The molecule has 0 aliphatic carbocycles. The molecule has 1 aliphatic rings. The van der Waals surface area contributed by atoms with Crippen LogP contribution in [0, 0.1) is 6.92 Å². The molecular weight excluding hydrogens is 344 g/mol. The summed E-state index contributed by atoms with van der Waals surface area (Å²) in [5, 5.41) is 15.6. The van der Waals surface area contributed by atoms with Gasteiger partial charge in [-0.1, -0.05) is 18.2 Å². The van der Waals surface area contributed by atoms with Crippen LogP contribution in [-0.4, -0.2) is 52.2 Å². The minimum absolute atomic E-state index is 0.255. The molecule has 1 fully saturated rings. The molecule has 2 aromatic heterocycles. The highest BCUT2D eigenvalue weighted by atomic mass is 16.5. The van der Waals surface area contributed by atoms with Crippen LogP contribution < -0.4 is 10.2 Å². The molecule has 1 aliphatic heterocycles. The SMILES string of the molecule is Cc1cc(NC(=O)c2ccc(N3CCOCC3)nn2)n(-c2ccccc2)n1. The quantitative estimate of drug-likeness (QED) is 0.763. The number of rotatable bonds is 4. The van der Waals surface area contributed by atoms with Crippen LogP contribution in [0.15, 0.2) is 48.5 Å². The lowest BCUT2D eigenvalue weighted by Crippen LogP contribution is -2.37. The molecule has 3 aromatic rings. The number of ether oxygens (including phenoxy) is 1. The Bertz CT molecular complexity index is 917. The summed E-state index contributed by atoms with van der Waals surface area (Å²) in [4.78, 5) is 14.7. The van der Waals surface area contributed by atoms with E-state index < -0.39 is 0 Å². The van der Waals surface area contributed by atoms with Gasteiger partial charge >= 0.3 is 0 Å². The molecule has 0 radical (unpaired) electrons. The van der Waals surface area contributed by atoms with Gasteiger partial charge < -0.3 is 15.0 Å². The Morgan fingerprint density at radius 3 is 2.56 bits per heavy atom. The van der Waals surface area contributed by atoms with Gasteiger partial charge in [-0.2, -0.15) is 5.10 Å². The predicted octanol–water partition coefficient (Wildman–Crippen LogP) is 2.06. The van der Waals surface area contributed by atoms with Gasteiger partial charge in [-0.3, -0.25) is 4.79 Å². The van der Waals surface area contributed by atoms with E-state index in [1.54, 1.807) is 10.7 Å². The summed E-state index contributed by atoms with van der Waals surface area (Å²) in [5.74, 6) is 1.01. The number of carbonyl (C=O) groups is 1. The number of anilines is 2. The predicted molar refractivity (Wildman–Crippen MR) is 101 cm³/mol. The maximum atomic E-state index is 12.6. The van der Waals surface area contributed by atoms with Gasteiger partial charge in [0.2, 0.25) is 0 Å². The fourth-order valence-electron chi connectivity index (χ4n) is 2.94. The molecule has 138 valence electrons. The van der Waals surface area contributed by atoms with Crippen molar-refractivity contribution in [3.63, 3.8) is 0 Å². The van der Waals surface area contributed by atoms with E-state index >= 15 is 0 Å². The van der Waals surface area contributed by atoms with Crippen LogP contribution >= 0.6 is 0 Å². The maximum Gasteiger partial charge on any atom is 0.277 e. The second-order valence-electron chi connectivity index (χ2n) is 6.25. The third-order valence-corrected chi connectivity index (χ3v) is 4.29. The van der Waals surface area contributed by atoms with Crippen LogP contribution in [0.3, 0.4) is 0 Å². The number of nitrogens with one attached hydrogen (secondary N) is 1. The standard InChI is InChI=1S/C19H20N6O2/c1-14-13-18(25(23-14)15-5-3-2-4-6-15)20-19(26)16-7-8-17(22-21-16)24-9-11-27-12-10-24/h2-8,13H,9-12H2,1H3,(H,20,26). The van der Waals surface area contributed by atoms with Gasteiger partial charge in [-0.25, -0.2) is 4.68 Å². The number of hydrogen-bond donors (Lipinski definition) is 1. The van der Waals surface area contributed by atoms with Gasteiger partial charge in [-0.05, 0) is 31.2 Å². The largest absolute Gasteiger partial charge is 0.378 e. The first-order valence-corrected chi connectivity index (χ1v) is 8.80. The van der Waals surface area contributed by atoms with E-state index in [1.165, 1.54) is 0 Å². The zero-order chi connectivity index (χ0) is 18.6. The number of hydrogen-bond acceptors (Lipinski definition) is 6. The van der Waals surface area contributed by atoms with Crippen LogP contribution in [0.25, 0.3) is 5.69 Å². The van der Waals surface area contributed by atoms with Crippen molar-refractivity contribution in [1.29, 1.82) is 0 Å². The van der Waals surface area contributed by atoms with E-state index in [2.05, 4.69) is 25.5 Å². The van der Waals surface area contributed by atoms with Crippen LogP contribution in [-0.2, 0) is 4.74 Å². The van der Waals surface area contributed by atoms with Gasteiger partial charge in [0.05, 0.1) is 24.6 Å². The third-order valence-electron chi connectivity index (χ3n) is 4.29. The second-order valence-corrected chi connectivity index (χ2v) is 6.25. The zero-order valence-electron chi connectivity index (χ0n) is 15.0. The van der Waals surface area contributed by atoms with Crippen LogP contribution in [0.1, 0.15) is 16.2 Å². The average Bonchev–Trinajstić information content (AvgIpc) is 3.09. The van der Waals surface area contributed by atoms with E-state index in [9.17, 15) is 4.79 Å². The molecular formula is C19H20N6O2. The van der Waals surface area contributed by atoms with Crippen molar-refractivity contribution in [2.24, 2.45) is 0 Å². The van der Waals surface area contributed by atoms with E-state index in [4.69, 9.17) is 4.74 Å². The smallest absolute Gasteiger partial charge is 0.277 e. The maximum absolute atomic E-state index is 12.6. The first-order chi connectivity index (χ1) is 13.2. The minimum atomic E-state index is -0.326. The van der Waals surface area contributed by atoms with E-state index in [0.717, 1.165) is 30.3 Å². The normalized spacial score (nSPS) is 14.2. The Labute approximate surface area is 156 Å². The zero-order valence-corrected chi connectivity index (χ0v) is 15.0. The van der Waals surface area contributed by atoms with Crippen molar-refractivity contribution in [2.75, 3.05) is 36.5 Å². The monoisotopic (exact) mass is 364 g/mol. The summed E-state index contributed by atoms with van der Waals surface area (Å²) < 4.78 is 7.03. The first-order valence-electron chi connectivity index (χ1n) is 8.80. The Hall–Kier alpha value is -3.26. The number of aromatic nitrogens is 4. The molecule has 0 spiro atoms. The summed E-state index contributed by atoms with van der Waals surface area (Å²) in [6, 6.07) is 15.0. The molecule has 8 heteroatoms. The Kier molecular flexibility index (Phi) is 4.80. The molecule has 1 saturated heterocycles. The fourth-order valence-corrected chi connectivity index (χ4v) is 2.94. The summed E-state index contributed by atoms with van der Waals surface area (Å²) in [6.07, 6.45) is 0. The van der Waals surface area contributed by atoms with Gasteiger partial charge in [0.1, 0.15) is 5.82 Å². The third kappa shape index (κ3) is 3.80. The van der Waals surface area contributed by atoms with Crippen molar-refractivity contribution in [3.05, 3.63) is 59.9 Å². The Morgan fingerprint density at radius 2 is 1.85 bits per heavy atom. The van der Waals surface area contributed by atoms with Gasteiger partial charge in [0, 0.05) is 19.2 Å².